The molecule has 2 aliphatic rings. The molecule has 0 aromatic heterocycles. The first-order valence-corrected chi connectivity index (χ1v) is 8.63. The summed E-state index contributed by atoms with van der Waals surface area (Å²) < 4.78 is 25.9. The van der Waals surface area contributed by atoms with E-state index in [0.29, 0.717) is 16.5 Å². The van der Waals surface area contributed by atoms with Crippen molar-refractivity contribution < 1.29 is 8.42 Å². The van der Waals surface area contributed by atoms with Gasteiger partial charge in [-0.1, -0.05) is 28.8 Å². The van der Waals surface area contributed by atoms with Gasteiger partial charge in [0.15, 0.2) is 0 Å². The maximum absolute atomic E-state index is 12.1. The van der Waals surface area contributed by atoms with Gasteiger partial charge in [-0.2, -0.15) is 0 Å². The Kier molecular flexibility index (Phi) is 3.97. The number of alkyl halides is 1. The zero-order valence-electron chi connectivity index (χ0n) is 9.73. The number of sulfonamides is 1. The third kappa shape index (κ3) is 2.99. The lowest BCUT2D eigenvalue weighted by molar-refractivity contribution is 0.297. The molecule has 5 heteroatoms. The molecule has 3 nitrogen and oxygen atoms in total. The zero-order valence-corrected chi connectivity index (χ0v) is 12.1. The largest absolute Gasteiger partial charge is 0.214 e. The Balaban J connectivity index is 2.01. The van der Waals surface area contributed by atoms with Crippen LogP contribution in [0, 0.1) is 5.92 Å². The highest BCUT2D eigenvalue weighted by atomic mass is 79.9. The van der Waals surface area contributed by atoms with Crippen molar-refractivity contribution in [1.29, 1.82) is 0 Å². The van der Waals surface area contributed by atoms with Crippen molar-refractivity contribution in [1.82, 2.24) is 4.31 Å². The topological polar surface area (TPSA) is 37.4 Å². The minimum Gasteiger partial charge on any atom is -0.212 e. The van der Waals surface area contributed by atoms with Crippen LogP contribution in [-0.2, 0) is 10.0 Å². The molecule has 0 amide bonds. The van der Waals surface area contributed by atoms with Gasteiger partial charge >= 0.3 is 0 Å². The van der Waals surface area contributed by atoms with Gasteiger partial charge in [-0.05, 0) is 31.6 Å². The molecule has 0 saturated heterocycles. The maximum Gasteiger partial charge on any atom is 0.214 e. The lowest BCUT2D eigenvalue weighted by Gasteiger charge is -2.34. The molecule has 0 spiro atoms. The number of hydrogen-bond donors (Lipinski definition) is 0. The molecule has 0 aromatic carbocycles. The predicted octanol–water partition coefficient (Wildman–Crippen LogP) is 2.36. The van der Waals surface area contributed by atoms with Crippen molar-refractivity contribution in [3.8, 4) is 0 Å². The van der Waals surface area contributed by atoms with E-state index in [0.717, 1.165) is 32.1 Å². The van der Waals surface area contributed by atoms with E-state index in [-0.39, 0.29) is 6.04 Å². The summed E-state index contributed by atoms with van der Waals surface area (Å²) in [5.74, 6) is 0.796. The Morgan fingerprint density at radius 2 is 1.81 bits per heavy atom. The van der Waals surface area contributed by atoms with Gasteiger partial charge in [0.2, 0.25) is 10.0 Å². The average molecular weight is 310 g/mol. The monoisotopic (exact) mass is 309 g/mol. The third-order valence-electron chi connectivity index (χ3n) is 3.70. The normalized spacial score (nSPS) is 31.9. The Morgan fingerprint density at radius 3 is 2.38 bits per heavy atom. The highest BCUT2D eigenvalue weighted by Crippen LogP contribution is 2.34. The van der Waals surface area contributed by atoms with E-state index in [4.69, 9.17) is 0 Å². The van der Waals surface area contributed by atoms with Crippen LogP contribution in [0.2, 0.25) is 0 Å². The third-order valence-corrected chi connectivity index (χ3v) is 6.81. The fraction of sp³-hybridized carbons (Fsp3) is 1.00. The van der Waals surface area contributed by atoms with Crippen molar-refractivity contribution in [3.05, 3.63) is 0 Å². The number of hydrogen-bond acceptors (Lipinski definition) is 2. The molecule has 94 valence electrons. The van der Waals surface area contributed by atoms with Gasteiger partial charge in [-0.25, -0.2) is 12.7 Å². The molecule has 2 unspecified atom stereocenters. The number of nitrogens with zero attached hydrogens (tertiary/aromatic N) is 1. The van der Waals surface area contributed by atoms with Crippen LogP contribution < -0.4 is 0 Å². The van der Waals surface area contributed by atoms with Gasteiger partial charge in [-0.3, -0.25) is 0 Å². The zero-order chi connectivity index (χ0) is 11.8. The van der Waals surface area contributed by atoms with Crippen molar-refractivity contribution in [3.63, 3.8) is 0 Å². The van der Waals surface area contributed by atoms with Crippen LogP contribution in [0.15, 0.2) is 0 Å². The van der Waals surface area contributed by atoms with E-state index in [2.05, 4.69) is 15.9 Å². The molecule has 0 aliphatic heterocycles. The van der Waals surface area contributed by atoms with Crippen LogP contribution in [0.1, 0.15) is 38.5 Å². The van der Waals surface area contributed by atoms with Gasteiger partial charge in [-0.15, -0.1) is 0 Å². The van der Waals surface area contributed by atoms with E-state index >= 15 is 0 Å². The SMILES string of the molecule is CN(C1CCCCC1Br)S(=O)(=O)CC1CC1. The van der Waals surface area contributed by atoms with Gasteiger partial charge in [0.05, 0.1) is 5.75 Å². The summed E-state index contributed by atoms with van der Waals surface area (Å²) in [5.41, 5.74) is 0. The van der Waals surface area contributed by atoms with Crippen molar-refractivity contribution in [2.24, 2.45) is 5.92 Å². The molecule has 2 aliphatic carbocycles. The minimum atomic E-state index is -3.03. The predicted molar refractivity (Wildman–Crippen MR) is 69.2 cm³/mol. The molecular formula is C11H20BrNO2S. The quantitative estimate of drug-likeness (QED) is 0.748. The molecule has 2 fully saturated rings. The summed E-state index contributed by atoms with van der Waals surface area (Å²) in [6.07, 6.45) is 6.63. The molecule has 0 N–H and O–H groups in total. The van der Waals surface area contributed by atoms with Crippen LogP contribution in [-0.4, -0.2) is 36.4 Å². The first-order chi connectivity index (χ1) is 7.50. The Morgan fingerprint density at radius 1 is 1.19 bits per heavy atom. The molecule has 0 aromatic rings. The molecule has 2 saturated carbocycles. The van der Waals surface area contributed by atoms with Crippen molar-refractivity contribution >= 4 is 26.0 Å². The van der Waals surface area contributed by atoms with E-state index in [1.165, 1.54) is 6.42 Å². The standard InChI is InChI=1S/C11H20BrNO2S/c1-13(11-5-3-2-4-10(11)12)16(14,15)8-9-6-7-9/h9-11H,2-8H2,1H3. The van der Waals surface area contributed by atoms with Gasteiger partial charge in [0, 0.05) is 17.9 Å². The van der Waals surface area contributed by atoms with Crippen LogP contribution in [0.5, 0.6) is 0 Å². The summed E-state index contributed by atoms with van der Waals surface area (Å²) in [6.45, 7) is 0. The van der Waals surface area contributed by atoms with Crippen molar-refractivity contribution in [2.45, 2.75) is 49.4 Å². The second-order valence-corrected chi connectivity index (χ2v) is 8.36. The van der Waals surface area contributed by atoms with Gasteiger partial charge < -0.3 is 0 Å². The van der Waals surface area contributed by atoms with E-state index < -0.39 is 10.0 Å². The number of rotatable bonds is 4. The first-order valence-electron chi connectivity index (χ1n) is 6.10. The average Bonchev–Trinajstić information content (AvgIpc) is 3.01. The fourth-order valence-electron chi connectivity index (χ4n) is 2.38. The summed E-state index contributed by atoms with van der Waals surface area (Å²) in [4.78, 5) is 0.334. The number of halogens is 1. The van der Waals surface area contributed by atoms with Crippen LogP contribution >= 0.6 is 15.9 Å². The fourth-order valence-corrected chi connectivity index (χ4v) is 5.31. The second kappa shape index (κ2) is 4.94. The summed E-state index contributed by atoms with van der Waals surface area (Å²) in [5, 5.41) is 0. The van der Waals surface area contributed by atoms with E-state index in [1.54, 1.807) is 11.4 Å². The molecule has 0 radical (unpaired) electrons. The van der Waals surface area contributed by atoms with Crippen LogP contribution in [0.25, 0.3) is 0 Å². The highest BCUT2D eigenvalue weighted by molar-refractivity contribution is 9.09. The molecule has 0 bridgehead atoms. The Hall–Kier alpha value is 0.390. The van der Waals surface area contributed by atoms with Gasteiger partial charge in [0.25, 0.3) is 0 Å². The van der Waals surface area contributed by atoms with E-state index in [9.17, 15) is 8.42 Å². The Bertz CT molecular complexity index is 340. The van der Waals surface area contributed by atoms with E-state index in [1.807, 2.05) is 0 Å². The summed E-state index contributed by atoms with van der Waals surface area (Å²) in [7, 11) is -1.27. The highest BCUT2D eigenvalue weighted by Gasteiger charge is 2.36. The second-order valence-electron chi connectivity index (χ2n) is 5.11. The molecule has 16 heavy (non-hydrogen) atoms. The lowest BCUT2D eigenvalue weighted by Crippen LogP contribution is -2.45. The molecule has 0 heterocycles. The van der Waals surface area contributed by atoms with Crippen LogP contribution in [0.4, 0.5) is 0 Å². The van der Waals surface area contributed by atoms with Crippen molar-refractivity contribution in [2.75, 3.05) is 12.8 Å². The lowest BCUT2D eigenvalue weighted by atomic mass is 9.96. The van der Waals surface area contributed by atoms with Gasteiger partial charge in [0.1, 0.15) is 0 Å². The minimum absolute atomic E-state index is 0.164. The summed E-state index contributed by atoms with van der Waals surface area (Å²) in [6, 6.07) is 0.164. The Labute approximate surface area is 107 Å². The summed E-state index contributed by atoms with van der Waals surface area (Å²) >= 11 is 3.62. The molecule has 2 rings (SSSR count). The van der Waals surface area contributed by atoms with Crippen LogP contribution in [0.3, 0.4) is 0 Å². The maximum atomic E-state index is 12.1. The molecule has 2 atom stereocenters. The molecular weight excluding hydrogens is 290 g/mol. The smallest absolute Gasteiger partial charge is 0.212 e. The first kappa shape index (κ1) is 12.8.